The maximum absolute atomic E-state index is 13.6. The summed E-state index contributed by atoms with van der Waals surface area (Å²) in [6, 6.07) is 5.21. The van der Waals surface area contributed by atoms with E-state index in [1.54, 1.807) is 0 Å². The van der Waals surface area contributed by atoms with Crippen LogP contribution < -0.4 is 4.74 Å². The summed E-state index contributed by atoms with van der Waals surface area (Å²) in [5.74, 6) is -6.20. The number of carbonyl (C=O) groups is 1. The van der Waals surface area contributed by atoms with E-state index in [0.29, 0.717) is 5.75 Å². The van der Waals surface area contributed by atoms with Gasteiger partial charge in [0.05, 0.1) is 7.11 Å². The van der Waals surface area contributed by atoms with Crippen molar-refractivity contribution in [2.24, 2.45) is 0 Å². The van der Waals surface area contributed by atoms with Gasteiger partial charge in [-0.15, -0.1) is 0 Å². The van der Waals surface area contributed by atoms with Crippen LogP contribution in [0.1, 0.15) is 18.9 Å². The van der Waals surface area contributed by atoms with Crippen molar-refractivity contribution in [2.45, 2.75) is 24.9 Å². The van der Waals surface area contributed by atoms with Crippen molar-refractivity contribution in [3.05, 3.63) is 29.8 Å². The molecule has 1 aromatic carbocycles. The second kappa shape index (κ2) is 4.89. The van der Waals surface area contributed by atoms with E-state index in [4.69, 9.17) is 9.84 Å². The van der Waals surface area contributed by atoms with Gasteiger partial charge in [0.1, 0.15) is 5.75 Å². The highest BCUT2D eigenvalue weighted by molar-refractivity contribution is 5.77. The van der Waals surface area contributed by atoms with Crippen molar-refractivity contribution in [3.8, 4) is 5.75 Å². The summed E-state index contributed by atoms with van der Waals surface area (Å²) >= 11 is 0. The van der Waals surface area contributed by atoms with E-state index in [1.807, 2.05) is 0 Å². The first-order valence-corrected chi connectivity index (χ1v) is 5.27. The Morgan fingerprint density at radius 3 is 2.17 bits per heavy atom. The number of carboxylic acids is 1. The molecule has 6 heteroatoms. The van der Waals surface area contributed by atoms with E-state index in [9.17, 15) is 18.7 Å². The number of carboxylic acid groups (broad SMARTS) is 1. The predicted octanol–water partition coefficient (Wildman–Crippen LogP) is 2.01. The van der Waals surface area contributed by atoms with Gasteiger partial charge in [-0.25, -0.2) is 4.79 Å². The highest BCUT2D eigenvalue weighted by Gasteiger charge is 2.58. The van der Waals surface area contributed by atoms with Crippen LogP contribution in [0.4, 0.5) is 8.78 Å². The van der Waals surface area contributed by atoms with E-state index in [2.05, 4.69) is 0 Å². The van der Waals surface area contributed by atoms with E-state index in [1.165, 1.54) is 38.3 Å². The normalized spacial score (nSPS) is 14.9. The zero-order chi connectivity index (χ0) is 14.0. The van der Waals surface area contributed by atoms with Gasteiger partial charge < -0.3 is 14.9 Å². The molecule has 1 rings (SSSR count). The van der Waals surface area contributed by atoms with Crippen LogP contribution in [0, 0.1) is 0 Å². The highest BCUT2D eigenvalue weighted by atomic mass is 19.3. The SMILES string of the molecule is CCC(O)(c1ccc(OC)cc1)C(F)(F)C(=O)O. The summed E-state index contributed by atoms with van der Waals surface area (Å²) in [4.78, 5) is 10.6. The smallest absolute Gasteiger partial charge is 0.378 e. The number of alkyl halides is 2. The molecule has 0 fully saturated rings. The summed E-state index contributed by atoms with van der Waals surface area (Å²) in [5.41, 5.74) is -2.91. The summed E-state index contributed by atoms with van der Waals surface area (Å²) in [5, 5.41) is 18.5. The Morgan fingerprint density at radius 1 is 1.33 bits per heavy atom. The molecule has 0 radical (unpaired) electrons. The van der Waals surface area contributed by atoms with Gasteiger partial charge in [-0.1, -0.05) is 19.1 Å². The molecule has 0 aliphatic rings. The Balaban J connectivity index is 3.26. The zero-order valence-corrected chi connectivity index (χ0v) is 9.98. The Labute approximate surface area is 103 Å². The number of aliphatic hydroxyl groups is 1. The second-order valence-electron chi connectivity index (χ2n) is 3.82. The van der Waals surface area contributed by atoms with Crippen LogP contribution in [0.2, 0.25) is 0 Å². The molecule has 0 amide bonds. The molecule has 2 N–H and O–H groups in total. The maximum atomic E-state index is 13.6. The first kappa shape index (κ1) is 14.4. The zero-order valence-electron chi connectivity index (χ0n) is 9.98. The summed E-state index contributed by atoms with van der Waals surface area (Å²) in [6.07, 6.45) is -0.432. The van der Waals surface area contributed by atoms with E-state index < -0.39 is 23.9 Å². The van der Waals surface area contributed by atoms with Gasteiger partial charge in [0, 0.05) is 0 Å². The van der Waals surface area contributed by atoms with Crippen molar-refractivity contribution in [3.63, 3.8) is 0 Å². The maximum Gasteiger partial charge on any atom is 0.378 e. The number of rotatable bonds is 5. The molecule has 0 aliphatic carbocycles. The molecule has 0 saturated carbocycles. The predicted molar refractivity (Wildman–Crippen MR) is 59.8 cm³/mol. The lowest BCUT2D eigenvalue weighted by Crippen LogP contribution is -2.50. The largest absolute Gasteiger partial charge is 0.497 e. The van der Waals surface area contributed by atoms with Gasteiger partial charge in [-0.05, 0) is 24.1 Å². The van der Waals surface area contributed by atoms with E-state index in [-0.39, 0.29) is 5.56 Å². The Hall–Kier alpha value is -1.69. The number of aliphatic carboxylic acids is 1. The topological polar surface area (TPSA) is 66.8 Å². The monoisotopic (exact) mass is 260 g/mol. The van der Waals surface area contributed by atoms with Crippen LogP contribution in [-0.2, 0) is 10.4 Å². The molecule has 1 unspecified atom stereocenters. The summed E-state index contributed by atoms with van der Waals surface area (Å²) < 4.78 is 32.0. The highest BCUT2D eigenvalue weighted by Crippen LogP contribution is 2.41. The molecule has 1 aromatic rings. The molecule has 1 atom stereocenters. The van der Waals surface area contributed by atoms with Gasteiger partial charge in [-0.2, -0.15) is 8.78 Å². The fourth-order valence-electron chi connectivity index (χ4n) is 1.65. The number of ether oxygens (including phenoxy) is 1. The average molecular weight is 260 g/mol. The minimum Gasteiger partial charge on any atom is -0.497 e. The molecular weight excluding hydrogens is 246 g/mol. The summed E-state index contributed by atoms with van der Waals surface area (Å²) in [7, 11) is 1.41. The van der Waals surface area contributed by atoms with E-state index in [0.717, 1.165) is 0 Å². The van der Waals surface area contributed by atoms with Crippen LogP contribution in [0.5, 0.6) is 5.75 Å². The Bertz CT molecular complexity index is 430. The van der Waals surface area contributed by atoms with Gasteiger partial charge >= 0.3 is 11.9 Å². The lowest BCUT2D eigenvalue weighted by molar-refractivity contribution is -0.213. The molecule has 0 aromatic heterocycles. The number of hydrogen-bond acceptors (Lipinski definition) is 3. The Morgan fingerprint density at radius 2 is 1.83 bits per heavy atom. The van der Waals surface area contributed by atoms with Gasteiger partial charge in [0.2, 0.25) is 0 Å². The van der Waals surface area contributed by atoms with Gasteiger partial charge in [-0.3, -0.25) is 0 Å². The minimum atomic E-state index is -4.27. The molecule has 18 heavy (non-hydrogen) atoms. The quantitative estimate of drug-likeness (QED) is 0.849. The fraction of sp³-hybridized carbons (Fsp3) is 0.417. The first-order chi connectivity index (χ1) is 8.29. The van der Waals surface area contributed by atoms with Crippen LogP contribution in [0.25, 0.3) is 0 Å². The number of methoxy groups -OCH3 is 1. The molecule has 4 nitrogen and oxygen atoms in total. The molecular formula is C12H14F2O4. The van der Waals surface area contributed by atoms with Gasteiger partial charge in [0.25, 0.3) is 0 Å². The van der Waals surface area contributed by atoms with Crippen molar-refractivity contribution in [1.29, 1.82) is 0 Å². The van der Waals surface area contributed by atoms with Crippen molar-refractivity contribution in [2.75, 3.05) is 7.11 Å². The third-order valence-electron chi connectivity index (χ3n) is 2.87. The Kier molecular flexibility index (Phi) is 3.91. The minimum absolute atomic E-state index is 0.168. The van der Waals surface area contributed by atoms with Crippen molar-refractivity contribution in [1.82, 2.24) is 0 Å². The second-order valence-corrected chi connectivity index (χ2v) is 3.82. The lowest BCUT2D eigenvalue weighted by atomic mass is 9.85. The van der Waals surface area contributed by atoms with Crippen LogP contribution in [0.15, 0.2) is 24.3 Å². The number of halogens is 2. The standard InChI is InChI=1S/C12H14F2O4/c1-3-11(17,12(13,14)10(15)16)8-4-6-9(18-2)7-5-8/h4-7,17H,3H2,1-2H3,(H,15,16). The lowest BCUT2D eigenvalue weighted by Gasteiger charge is -2.32. The molecule has 0 heterocycles. The van der Waals surface area contributed by atoms with Crippen LogP contribution in [-0.4, -0.2) is 29.2 Å². The molecule has 0 saturated heterocycles. The number of hydrogen-bond donors (Lipinski definition) is 2. The van der Waals surface area contributed by atoms with E-state index >= 15 is 0 Å². The van der Waals surface area contributed by atoms with Gasteiger partial charge in [0.15, 0.2) is 5.60 Å². The average Bonchev–Trinajstić information content (AvgIpc) is 2.37. The third-order valence-corrected chi connectivity index (χ3v) is 2.87. The molecule has 0 aliphatic heterocycles. The molecule has 0 bridgehead atoms. The van der Waals surface area contributed by atoms with Crippen LogP contribution >= 0.6 is 0 Å². The van der Waals surface area contributed by atoms with Crippen molar-refractivity contribution >= 4 is 5.97 Å². The number of benzene rings is 1. The summed E-state index contributed by atoms with van der Waals surface area (Å²) in [6.45, 7) is 1.29. The molecule has 100 valence electrons. The van der Waals surface area contributed by atoms with Crippen LogP contribution in [0.3, 0.4) is 0 Å². The third kappa shape index (κ3) is 2.15. The molecule has 0 spiro atoms. The van der Waals surface area contributed by atoms with Crippen molar-refractivity contribution < 1.29 is 28.5 Å². The fourth-order valence-corrected chi connectivity index (χ4v) is 1.65. The first-order valence-electron chi connectivity index (χ1n) is 5.27.